The molecule has 3 rings (SSSR count). The van der Waals surface area contributed by atoms with Crippen LogP contribution in [-0.2, 0) is 19.2 Å². The molecule has 1 aromatic rings. The summed E-state index contributed by atoms with van der Waals surface area (Å²) in [6, 6.07) is 4.47. The van der Waals surface area contributed by atoms with Crippen molar-refractivity contribution in [3.63, 3.8) is 0 Å². The molecule has 0 spiro atoms. The van der Waals surface area contributed by atoms with Crippen molar-refractivity contribution in [2.24, 2.45) is 11.1 Å². The highest BCUT2D eigenvalue weighted by atomic mass is 16.8. The number of aliphatic hydroxyl groups excluding tert-OH is 3. The summed E-state index contributed by atoms with van der Waals surface area (Å²) in [4.78, 5) is 31.9. The molecular weight excluding hydrogens is 418 g/mol. The first kappa shape index (κ1) is 24.1. The molecule has 1 fully saturated rings. The Bertz CT molecular complexity index is 888. The van der Waals surface area contributed by atoms with E-state index in [4.69, 9.17) is 9.57 Å². The van der Waals surface area contributed by atoms with Crippen LogP contribution in [-0.4, -0.2) is 76.6 Å². The maximum atomic E-state index is 13.1. The molecule has 4 N–H and O–H groups in total. The van der Waals surface area contributed by atoms with Crippen molar-refractivity contribution in [2.75, 3.05) is 18.1 Å². The number of rotatable bonds is 7. The average molecular weight is 450 g/mol. The minimum Gasteiger partial charge on any atom is -0.394 e. The van der Waals surface area contributed by atoms with Crippen molar-refractivity contribution >= 4 is 23.2 Å². The molecule has 2 aliphatic heterocycles. The van der Waals surface area contributed by atoms with Crippen LogP contribution in [0.4, 0.5) is 5.69 Å². The lowest BCUT2D eigenvalue weighted by molar-refractivity contribution is -0.270. The van der Waals surface area contributed by atoms with E-state index in [9.17, 15) is 24.9 Å². The van der Waals surface area contributed by atoms with Crippen LogP contribution in [0.15, 0.2) is 23.4 Å². The fourth-order valence-electron chi connectivity index (χ4n) is 3.79. The average Bonchev–Trinajstić information content (AvgIpc) is 2.99. The van der Waals surface area contributed by atoms with Gasteiger partial charge in [0.05, 0.1) is 12.3 Å². The van der Waals surface area contributed by atoms with Crippen molar-refractivity contribution in [2.45, 2.75) is 64.8 Å². The minimum atomic E-state index is -1.47. The summed E-state index contributed by atoms with van der Waals surface area (Å²) in [7, 11) is 0. The molecule has 0 aromatic heterocycles. The van der Waals surface area contributed by atoms with Crippen molar-refractivity contribution in [3.05, 3.63) is 29.3 Å². The summed E-state index contributed by atoms with van der Waals surface area (Å²) in [5.41, 5.74) is 2.37. The maximum Gasteiger partial charge on any atom is 0.281 e. The third-order valence-electron chi connectivity index (χ3n) is 5.57. The first-order chi connectivity index (χ1) is 15.1. The van der Waals surface area contributed by atoms with Gasteiger partial charge in [-0.15, -0.1) is 0 Å². The van der Waals surface area contributed by atoms with Gasteiger partial charge >= 0.3 is 0 Å². The summed E-state index contributed by atoms with van der Waals surface area (Å²) < 4.78 is 5.52. The van der Waals surface area contributed by atoms with Crippen LogP contribution in [0, 0.1) is 12.8 Å². The monoisotopic (exact) mass is 449 g/mol. The number of anilines is 1. The molecule has 0 bridgehead atoms. The lowest BCUT2D eigenvalue weighted by atomic mass is 9.97. The van der Waals surface area contributed by atoms with E-state index in [2.05, 4.69) is 24.3 Å². The van der Waals surface area contributed by atoms with Crippen LogP contribution in [0.25, 0.3) is 0 Å². The Morgan fingerprint density at radius 3 is 2.66 bits per heavy atom. The van der Waals surface area contributed by atoms with E-state index < -0.39 is 43.2 Å². The van der Waals surface area contributed by atoms with Crippen LogP contribution < -0.4 is 10.2 Å². The second-order valence-electron chi connectivity index (χ2n) is 8.64. The third-order valence-corrected chi connectivity index (χ3v) is 5.57. The first-order valence-electron chi connectivity index (χ1n) is 10.7. The number of benzene rings is 1. The van der Waals surface area contributed by atoms with Crippen LogP contribution in [0.5, 0.6) is 0 Å². The number of carbonyl (C=O) groups excluding carboxylic acids is 2. The fourth-order valence-corrected chi connectivity index (χ4v) is 3.79. The molecule has 10 nitrogen and oxygen atoms in total. The van der Waals surface area contributed by atoms with Gasteiger partial charge in [0.25, 0.3) is 5.91 Å². The Kier molecular flexibility index (Phi) is 7.50. The van der Waals surface area contributed by atoms with Crippen molar-refractivity contribution in [1.29, 1.82) is 0 Å². The molecule has 0 aliphatic carbocycles. The fraction of sp³-hybridized carbons (Fsp3) is 0.591. The summed E-state index contributed by atoms with van der Waals surface area (Å²) in [6.07, 6.45) is -4.56. The SMILES string of the molecule is CC(=O)N[C@@H]1[C@H](O/N=C2\C(=O)N(CCC(C)C)c3ccc(C)cc32)O[C@H](CO)[C@@H](O)[C@H]1O. The molecule has 0 saturated carbocycles. The second-order valence-corrected chi connectivity index (χ2v) is 8.64. The number of hydrogen-bond acceptors (Lipinski definition) is 8. The lowest BCUT2D eigenvalue weighted by Gasteiger charge is -2.40. The van der Waals surface area contributed by atoms with Gasteiger partial charge in [-0.25, -0.2) is 0 Å². The molecule has 1 saturated heterocycles. The van der Waals surface area contributed by atoms with Crippen molar-refractivity contribution < 1.29 is 34.5 Å². The van der Waals surface area contributed by atoms with Crippen LogP contribution in [0.3, 0.4) is 0 Å². The van der Waals surface area contributed by atoms with E-state index in [1.165, 1.54) is 6.92 Å². The zero-order chi connectivity index (χ0) is 23.6. The Labute approximate surface area is 186 Å². The van der Waals surface area contributed by atoms with Gasteiger partial charge < -0.3 is 35.1 Å². The number of oxime groups is 1. The summed E-state index contributed by atoms with van der Waals surface area (Å²) in [5, 5.41) is 36.5. The van der Waals surface area contributed by atoms with Gasteiger partial charge in [0, 0.05) is 19.0 Å². The highest BCUT2D eigenvalue weighted by Crippen LogP contribution is 2.31. The predicted molar refractivity (Wildman–Crippen MR) is 116 cm³/mol. The summed E-state index contributed by atoms with van der Waals surface area (Å²) in [6.45, 7) is 7.25. The van der Waals surface area contributed by atoms with Gasteiger partial charge in [-0.3, -0.25) is 9.59 Å². The number of hydrogen-bond donors (Lipinski definition) is 4. The number of aryl methyl sites for hydroxylation is 1. The van der Waals surface area contributed by atoms with Crippen molar-refractivity contribution in [3.8, 4) is 0 Å². The minimum absolute atomic E-state index is 0.0822. The zero-order valence-electron chi connectivity index (χ0n) is 18.7. The van der Waals surface area contributed by atoms with Crippen LogP contribution >= 0.6 is 0 Å². The normalized spacial score (nSPS) is 28.9. The molecule has 10 heteroatoms. The maximum absolute atomic E-state index is 13.1. The Balaban J connectivity index is 1.89. The Hall–Kier alpha value is -2.53. The second kappa shape index (κ2) is 9.95. The quantitative estimate of drug-likeness (QED) is 0.431. The summed E-state index contributed by atoms with van der Waals surface area (Å²) >= 11 is 0. The van der Waals surface area contributed by atoms with E-state index in [0.717, 1.165) is 17.7 Å². The van der Waals surface area contributed by atoms with Gasteiger partial charge in [-0.05, 0) is 31.4 Å². The first-order valence-corrected chi connectivity index (χ1v) is 10.7. The molecule has 2 aliphatic rings. The number of ether oxygens (including phenoxy) is 1. The molecule has 1 aromatic carbocycles. The standard InChI is InChI=1S/C22H31N3O7/c1-11(2)7-8-25-15-6-5-12(3)9-14(15)17(21(25)30)24-32-22-18(23-13(4)27)20(29)19(28)16(10-26)31-22/h5-6,9,11,16,18-20,22,26,28-29H,7-8,10H2,1-4H3,(H,23,27)/b24-17-/t16-,18+,19-,20+,22+/m1/s1. The van der Waals surface area contributed by atoms with Gasteiger partial charge in [0.2, 0.25) is 12.2 Å². The third kappa shape index (κ3) is 4.93. The van der Waals surface area contributed by atoms with E-state index in [1.807, 2.05) is 25.1 Å². The van der Waals surface area contributed by atoms with Crippen LogP contribution in [0.2, 0.25) is 0 Å². The van der Waals surface area contributed by atoms with Gasteiger partial charge in [0.1, 0.15) is 24.4 Å². The number of nitrogens with one attached hydrogen (secondary N) is 1. The number of carbonyl (C=O) groups is 2. The topological polar surface area (TPSA) is 141 Å². The summed E-state index contributed by atoms with van der Waals surface area (Å²) in [5.74, 6) is -0.393. The number of nitrogens with zero attached hydrogens (tertiary/aromatic N) is 2. The lowest BCUT2D eigenvalue weighted by Crippen LogP contribution is -2.64. The van der Waals surface area contributed by atoms with E-state index in [0.29, 0.717) is 18.0 Å². The highest BCUT2D eigenvalue weighted by Gasteiger charge is 2.46. The van der Waals surface area contributed by atoms with Gasteiger partial charge in [0.15, 0.2) is 5.71 Å². The van der Waals surface area contributed by atoms with Gasteiger partial charge in [-0.1, -0.05) is 30.6 Å². The van der Waals surface area contributed by atoms with E-state index in [-0.39, 0.29) is 11.6 Å². The Morgan fingerprint density at radius 1 is 1.31 bits per heavy atom. The molecular formula is C22H31N3O7. The molecule has 32 heavy (non-hydrogen) atoms. The van der Waals surface area contributed by atoms with Gasteiger partial charge in [-0.2, -0.15) is 0 Å². The van der Waals surface area contributed by atoms with E-state index in [1.54, 1.807) is 4.90 Å². The smallest absolute Gasteiger partial charge is 0.281 e. The molecule has 2 amide bonds. The van der Waals surface area contributed by atoms with Crippen LogP contribution in [0.1, 0.15) is 38.3 Å². The number of aliphatic hydroxyl groups is 3. The Morgan fingerprint density at radius 2 is 2.03 bits per heavy atom. The zero-order valence-corrected chi connectivity index (χ0v) is 18.7. The molecule has 5 atom stereocenters. The largest absolute Gasteiger partial charge is 0.394 e. The molecule has 176 valence electrons. The highest BCUT2D eigenvalue weighted by molar-refractivity contribution is 6.54. The molecule has 0 radical (unpaired) electrons. The van der Waals surface area contributed by atoms with E-state index >= 15 is 0 Å². The number of amides is 2. The molecule has 2 heterocycles. The number of fused-ring (bicyclic) bond motifs is 1. The van der Waals surface area contributed by atoms with Crippen molar-refractivity contribution in [1.82, 2.24) is 5.32 Å². The molecule has 0 unspecified atom stereocenters. The predicted octanol–water partition coefficient (Wildman–Crippen LogP) is 0.0521.